The van der Waals surface area contributed by atoms with Crippen LogP contribution in [0, 0.1) is 23.7 Å². The SMILES string of the molecule is CC1CCN(c2ccc(NC(=O)c3n[nH]c4ccc(-c5cncc(CN6CCCC6)c5)cc34)cn2)CC1.CC1CCN(c2ccc(NC(=O)c3n[nH]c4ccc(-c5cncc(N6CCCC6)c5)cc34)cn2)CC1.CC1CCN(c2ccc(NC(=O)c3n[nH]c4ccc(-c5cncc(N6CCCCC6)c5)cc34)cn2)CC1.CC1CCN(c2ccc(NC(=O)c3n[nH]c4ccc(-c5cncc(N6CCOCC6)c5)cc34)cn2)CC1. The number of nitrogens with one attached hydrogen (secondary N) is 8. The van der Waals surface area contributed by atoms with E-state index in [1.165, 1.54) is 102 Å². The zero-order valence-electron chi connectivity index (χ0n) is 84.1. The molecule has 0 unspecified atom stereocenters. The highest BCUT2D eigenvalue weighted by atomic mass is 16.5. The minimum absolute atomic E-state index is 0.259. The molecule has 8 fully saturated rings. The van der Waals surface area contributed by atoms with E-state index >= 15 is 0 Å². The van der Waals surface area contributed by atoms with Gasteiger partial charge in [-0.3, -0.25) is 64.4 Å². The van der Waals surface area contributed by atoms with Crippen LogP contribution in [0.2, 0.25) is 0 Å². The highest BCUT2D eigenvalue weighted by Crippen LogP contribution is 2.38. The topological polar surface area (TPSA) is 369 Å². The van der Waals surface area contributed by atoms with Crippen LogP contribution in [0.3, 0.4) is 0 Å². The van der Waals surface area contributed by atoms with Crippen LogP contribution in [0.15, 0.2) is 220 Å². The van der Waals surface area contributed by atoms with Gasteiger partial charge in [-0.15, -0.1) is 0 Å². The van der Waals surface area contributed by atoms with Gasteiger partial charge in [0.1, 0.15) is 23.3 Å². The number of anilines is 11. The third-order valence-corrected chi connectivity index (χ3v) is 30.0. The smallest absolute Gasteiger partial charge is 0.276 e. The number of carbonyl (C=O) groups excluding carboxylic acids is 4. The number of H-pyrrole nitrogens is 4. The number of hydrogen-bond donors (Lipinski definition) is 8. The maximum Gasteiger partial charge on any atom is 0.276 e. The van der Waals surface area contributed by atoms with Crippen molar-refractivity contribution in [3.05, 3.63) is 248 Å². The molecule has 33 nitrogen and oxygen atoms in total. The Bertz CT molecular complexity index is 7020. The minimum Gasteiger partial charge on any atom is -0.378 e. The molecule has 0 saturated carbocycles. The monoisotopic (exact) mass is 1970 g/mol. The Hall–Kier alpha value is -15.6. The first-order valence-electron chi connectivity index (χ1n) is 52.4. The van der Waals surface area contributed by atoms with Gasteiger partial charge in [0, 0.05) is 173 Å². The van der Waals surface area contributed by atoms with E-state index in [2.05, 4.69) is 193 Å². The van der Waals surface area contributed by atoms with E-state index in [1.54, 1.807) is 24.8 Å². The van der Waals surface area contributed by atoms with Crippen molar-refractivity contribution in [2.45, 2.75) is 131 Å². The summed E-state index contributed by atoms with van der Waals surface area (Å²) in [5.41, 5.74) is 20.0. The highest BCUT2D eigenvalue weighted by Gasteiger charge is 2.28. The van der Waals surface area contributed by atoms with Crippen molar-refractivity contribution in [1.29, 1.82) is 0 Å². The van der Waals surface area contributed by atoms with Crippen LogP contribution in [-0.4, -0.2) is 227 Å². The lowest BCUT2D eigenvalue weighted by Crippen LogP contribution is -2.36. The molecule has 0 atom stereocenters. The van der Waals surface area contributed by atoms with Gasteiger partial charge in [0.15, 0.2) is 22.8 Å². The summed E-state index contributed by atoms with van der Waals surface area (Å²) in [5.74, 6) is 5.86. The van der Waals surface area contributed by atoms with Gasteiger partial charge >= 0.3 is 0 Å². The van der Waals surface area contributed by atoms with E-state index in [9.17, 15) is 19.2 Å². The summed E-state index contributed by atoms with van der Waals surface area (Å²) in [6, 6.07) is 48.3. The summed E-state index contributed by atoms with van der Waals surface area (Å²) in [7, 11) is 0. The van der Waals surface area contributed by atoms with E-state index < -0.39 is 0 Å². The van der Waals surface area contributed by atoms with Crippen molar-refractivity contribution >= 4 is 130 Å². The first-order valence-corrected chi connectivity index (χ1v) is 52.4. The third kappa shape index (κ3) is 23.5. The molecular formula is C114H128N28O5. The second-order valence-corrected chi connectivity index (χ2v) is 40.6. The molecular weight excluding hydrogens is 1840 g/mol. The van der Waals surface area contributed by atoms with Crippen LogP contribution in [0.25, 0.3) is 88.1 Å². The number of aromatic nitrogens is 16. The normalized spacial score (nSPS) is 16.8. The van der Waals surface area contributed by atoms with Crippen molar-refractivity contribution in [1.82, 2.24) is 85.6 Å². The standard InChI is InChI=1S/2C29H33N7O.C28H31N7O2.C28H31N7O/c1-20-8-12-36(13-9-20)27-7-5-24(18-31-27)32-29(37)28-25-15-22(4-6-26(25)33-34-28)23-14-21(16-30-17-23)19-35-10-2-3-11-35;1-20-9-13-36(14-10-20)27-8-6-23(18-31-27)32-29(37)28-25-16-21(5-7-26(25)33-34-28)22-15-24(19-30-17-22)35-11-3-2-4-12-35;1-19-6-8-35(9-7-19)26-5-3-22(17-30-26)31-28(36)27-24-15-20(2-4-25(24)32-33-27)21-14-23(18-29-16-21)34-10-12-37-13-11-34;1-19-8-12-35(13-9-19)26-7-5-22(17-30-26)31-28(36)27-24-15-20(4-6-25(24)32-33-27)21-14-23(18-29-16-21)34-10-2-3-11-34/h4-7,14-18,20H,2-3,8-13,19H2,1H3,(H,32,37)(H,33,34);5-8,15-20H,2-4,9-14H2,1H3,(H,32,37)(H,33,34);2-5,14-19H,6-13H2,1H3,(H,31,36)(H,32,33);4-7,14-19H,2-3,8-13H2,1H3,(H,31,36)(H,32,33). The van der Waals surface area contributed by atoms with Crippen LogP contribution in [0.4, 0.5) is 63.1 Å². The van der Waals surface area contributed by atoms with Gasteiger partial charge in [-0.25, -0.2) is 19.9 Å². The lowest BCUT2D eigenvalue weighted by atomic mass is 9.99. The fourth-order valence-electron chi connectivity index (χ4n) is 20.9. The number of carbonyl (C=O) groups is 4. The molecule has 8 N–H and O–H groups in total. The Morgan fingerprint density at radius 3 is 0.844 bits per heavy atom. The van der Waals surface area contributed by atoms with Crippen LogP contribution in [0.5, 0.6) is 0 Å². The van der Waals surface area contributed by atoms with Gasteiger partial charge < -0.3 is 60.3 Å². The number of aromatic amines is 4. The average Bonchev–Trinajstić information content (AvgIpc) is 1.68. The lowest BCUT2D eigenvalue weighted by Gasteiger charge is -2.31. The fraction of sp³-hybridized carbons (Fsp3) is 0.368. The van der Waals surface area contributed by atoms with Crippen molar-refractivity contribution < 1.29 is 23.9 Å². The summed E-state index contributed by atoms with van der Waals surface area (Å²) < 4.78 is 5.47. The zero-order chi connectivity index (χ0) is 100. The summed E-state index contributed by atoms with van der Waals surface area (Å²) >= 11 is 0. The number of rotatable bonds is 21. The molecule has 8 saturated heterocycles. The molecule has 12 aromatic heterocycles. The van der Waals surface area contributed by atoms with E-state index in [-0.39, 0.29) is 23.6 Å². The summed E-state index contributed by atoms with van der Waals surface area (Å²) in [6.45, 7) is 28.1. The maximum atomic E-state index is 13.2. The number of nitrogens with zero attached hydrogens (tertiary/aromatic N) is 20. The Balaban J connectivity index is 0.000000115. The number of hydrogen-bond acceptors (Lipinski definition) is 25. The van der Waals surface area contributed by atoms with Crippen LogP contribution in [0.1, 0.15) is 172 Å². The van der Waals surface area contributed by atoms with E-state index in [1.807, 2.05) is 171 Å². The second-order valence-electron chi connectivity index (χ2n) is 40.6. The van der Waals surface area contributed by atoms with Crippen molar-refractivity contribution in [2.24, 2.45) is 23.7 Å². The number of morpholine rings is 1. The molecule has 4 amide bonds. The van der Waals surface area contributed by atoms with Gasteiger partial charge in [0.05, 0.1) is 118 Å². The van der Waals surface area contributed by atoms with Crippen molar-refractivity contribution in [3.63, 3.8) is 0 Å². The lowest BCUT2D eigenvalue weighted by molar-refractivity contribution is 0.101. The summed E-state index contributed by atoms with van der Waals surface area (Å²) in [5, 5.41) is 44.2. The van der Waals surface area contributed by atoms with E-state index in [0.717, 1.165) is 277 Å². The molecule has 8 aliphatic rings. The molecule has 0 bridgehead atoms. The van der Waals surface area contributed by atoms with E-state index in [4.69, 9.17) is 4.74 Å². The predicted molar refractivity (Wildman–Crippen MR) is 584 cm³/mol. The molecule has 0 radical (unpaired) electrons. The number of benzene rings is 4. The fourth-order valence-corrected chi connectivity index (χ4v) is 20.9. The number of piperidine rings is 5. The van der Waals surface area contributed by atoms with Gasteiger partial charge in [-0.05, 0) is 282 Å². The summed E-state index contributed by atoms with van der Waals surface area (Å²) in [4.78, 5) is 108. The Morgan fingerprint density at radius 2 is 0.551 bits per heavy atom. The molecule has 0 spiro atoms. The molecule has 20 heterocycles. The highest BCUT2D eigenvalue weighted by molar-refractivity contribution is 6.15. The first kappa shape index (κ1) is 97.4. The minimum atomic E-state index is -0.273. The quantitative estimate of drug-likeness (QED) is 0.0331. The van der Waals surface area contributed by atoms with Gasteiger partial charge in [-0.1, -0.05) is 52.0 Å². The maximum absolute atomic E-state index is 13.2. The molecule has 33 heteroatoms. The number of amides is 4. The molecule has 4 aromatic carbocycles. The molecule has 24 rings (SSSR count). The van der Waals surface area contributed by atoms with Crippen LogP contribution in [-0.2, 0) is 11.3 Å². The van der Waals surface area contributed by atoms with Crippen molar-refractivity contribution in [3.8, 4) is 44.5 Å². The zero-order valence-corrected chi connectivity index (χ0v) is 84.1. The van der Waals surface area contributed by atoms with Crippen molar-refractivity contribution in [2.75, 3.05) is 173 Å². The average molecular weight is 1970 g/mol. The molecule has 16 aromatic rings. The molecule has 147 heavy (non-hydrogen) atoms. The molecule has 8 aliphatic heterocycles. The van der Waals surface area contributed by atoms with Gasteiger partial charge in [0.2, 0.25) is 0 Å². The van der Waals surface area contributed by atoms with Gasteiger partial charge in [0.25, 0.3) is 23.6 Å². The second kappa shape index (κ2) is 45.3. The Morgan fingerprint density at radius 1 is 0.279 bits per heavy atom. The predicted octanol–water partition coefficient (Wildman–Crippen LogP) is 20.1. The first-order chi connectivity index (χ1) is 72.0. The number of likely N-dealkylation sites (tertiary alicyclic amines) is 1. The Kier molecular flexibility index (Phi) is 30.0. The molecule has 0 aliphatic carbocycles. The van der Waals surface area contributed by atoms with E-state index in [0.29, 0.717) is 45.5 Å². The van der Waals surface area contributed by atoms with Crippen LogP contribution >= 0.6 is 0 Å². The Labute approximate surface area is 855 Å². The number of pyridine rings is 8. The molecule has 754 valence electrons. The number of ether oxygens (including phenoxy) is 1. The largest absolute Gasteiger partial charge is 0.378 e. The van der Waals surface area contributed by atoms with Crippen LogP contribution < -0.4 is 55.6 Å². The summed E-state index contributed by atoms with van der Waals surface area (Å²) in [6.07, 6.45) is 40.3. The third-order valence-electron chi connectivity index (χ3n) is 30.0. The number of fused-ring (bicyclic) bond motifs is 4. The van der Waals surface area contributed by atoms with Gasteiger partial charge in [-0.2, -0.15) is 20.4 Å².